The molecule has 2 aromatic carbocycles. The number of ether oxygens (including phenoxy) is 2. The predicted octanol–water partition coefficient (Wildman–Crippen LogP) is 5.16. The van der Waals surface area contributed by atoms with E-state index in [0.29, 0.717) is 22.4 Å². The van der Waals surface area contributed by atoms with Gasteiger partial charge in [0.05, 0.1) is 10.7 Å². The number of benzene rings is 2. The Morgan fingerprint density at radius 2 is 1.96 bits per heavy atom. The lowest BCUT2D eigenvalue weighted by molar-refractivity contribution is 0.174. The van der Waals surface area contributed by atoms with E-state index in [1.165, 1.54) is 0 Å². The third-order valence-electron chi connectivity index (χ3n) is 3.58. The molecular formula is C18H14ClNO3S. The van der Waals surface area contributed by atoms with Gasteiger partial charge in [0.2, 0.25) is 12.7 Å². The zero-order valence-electron chi connectivity index (χ0n) is 12.7. The lowest BCUT2D eigenvalue weighted by Gasteiger charge is -2.04. The summed E-state index contributed by atoms with van der Waals surface area (Å²) in [6.07, 6.45) is 1.71. The molecule has 4 nitrogen and oxygen atoms in total. The monoisotopic (exact) mass is 359 g/mol. The number of hydrogen-bond donors (Lipinski definition) is 0. The molecule has 0 radical (unpaired) electrons. The van der Waals surface area contributed by atoms with E-state index in [0.717, 1.165) is 28.3 Å². The lowest BCUT2D eigenvalue weighted by Crippen LogP contribution is -1.93. The van der Waals surface area contributed by atoms with E-state index < -0.39 is 0 Å². The Kier molecular flexibility index (Phi) is 4.36. The van der Waals surface area contributed by atoms with Crippen LogP contribution in [0.3, 0.4) is 0 Å². The Balaban J connectivity index is 1.38. The third-order valence-corrected chi connectivity index (χ3v) is 4.90. The number of halogens is 1. The molecule has 6 heteroatoms. The highest BCUT2D eigenvalue weighted by atomic mass is 35.5. The fourth-order valence-corrected chi connectivity index (χ4v) is 3.60. The molecule has 1 aliphatic heterocycles. The van der Waals surface area contributed by atoms with Gasteiger partial charge in [-0.1, -0.05) is 29.8 Å². The maximum absolute atomic E-state index is 6.20. The van der Waals surface area contributed by atoms with Crippen LogP contribution in [0.15, 0.2) is 53.1 Å². The first-order valence-corrected chi connectivity index (χ1v) is 8.98. The Labute approximate surface area is 148 Å². The van der Waals surface area contributed by atoms with Gasteiger partial charge in [-0.25, -0.2) is 4.98 Å². The molecule has 0 saturated heterocycles. The molecule has 0 spiro atoms. The molecule has 24 heavy (non-hydrogen) atoms. The van der Waals surface area contributed by atoms with Crippen LogP contribution in [0, 0.1) is 0 Å². The smallest absolute Gasteiger partial charge is 0.231 e. The number of thioether (sulfide) groups is 1. The summed E-state index contributed by atoms with van der Waals surface area (Å²) < 4.78 is 16.3. The lowest BCUT2D eigenvalue weighted by atomic mass is 10.2. The number of rotatable bonds is 5. The van der Waals surface area contributed by atoms with Crippen molar-refractivity contribution in [2.45, 2.75) is 11.5 Å². The summed E-state index contributed by atoms with van der Waals surface area (Å²) >= 11 is 7.94. The van der Waals surface area contributed by atoms with E-state index in [2.05, 4.69) is 4.98 Å². The fourth-order valence-electron chi connectivity index (χ4n) is 2.46. The minimum atomic E-state index is 0.229. The SMILES string of the molecule is Clc1cc(CSCc2coc(-c3ccccc3)n2)cc2c1OCO2. The molecule has 122 valence electrons. The minimum Gasteiger partial charge on any atom is -0.454 e. The minimum absolute atomic E-state index is 0.229. The van der Waals surface area contributed by atoms with Crippen LogP contribution in [0.5, 0.6) is 11.5 Å². The van der Waals surface area contributed by atoms with E-state index in [9.17, 15) is 0 Å². The maximum atomic E-state index is 6.20. The van der Waals surface area contributed by atoms with Gasteiger partial charge in [0.25, 0.3) is 0 Å². The van der Waals surface area contributed by atoms with Crippen LogP contribution < -0.4 is 9.47 Å². The van der Waals surface area contributed by atoms with E-state index in [4.69, 9.17) is 25.5 Å². The van der Waals surface area contributed by atoms with Gasteiger partial charge in [-0.2, -0.15) is 11.8 Å². The largest absolute Gasteiger partial charge is 0.454 e. The molecule has 0 fully saturated rings. The molecule has 2 heterocycles. The van der Waals surface area contributed by atoms with E-state index in [1.54, 1.807) is 18.0 Å². The third kappa shape index (κ3) is 3.23. The predicted molar refractivity (Wildman–Crippen MR) is 94.5 cm³/mol. The molecule has 0 aliphatic carbocycles. The van der Waals surface area contributed by atoms with Crippen LogP contribution in [-0.2, 0) is 11.5 Å². The van der Waals surface area contributed by atoms with E-state index in [1.807, 2.05) is 42.5 Å². The van der Waals surface area contributed by atoms with Crippen molar-refractivity contribution >= 4 is 23.4 Å². The second-order valence-corrected chi connectivity index (χ2v) is 6.71. The summed E-state index contributed by atoms with van der Waals surface area (Å²) in [4.78, 5) is 4.53. The standard InChI is InChI=1S/C18H14ClNO3S/c19-15-6-12(7-16-17(15)23-11-22-16)9-24-10-14-8-21-18(20-14)13-4-2-1-3-5-13/h1-8H,9-11H2. The van der Waals surface area contributed by atoms with Crippen molar-refractivity contribution in [3.05, 3.63) is 65.0 Å². The molecule has 0 saturated carbocycles. The van der Waals surface area contributed by atoms with Gasteiger partial charge >= 0.3 is 0 Å². The van der Waals surface area contributed by atoms with E-state index in [-0.39, 0.29) is 6.79 Å². The van der Waals surface area contributed by atoms with Crippen LogP contribution in [0.4, 0.5) is 0 Å². The molecule has 4 rings (SSSR count). The van der Waals surface area contributed by atoms with Crippen LogP contribution in [0.25, 0.3) is 11.5 Å². The van der Waals surface area contributed by atoms with Crippen molar-refractivity contribution in [3.63, 3.8) is 0 Å². The number of oxazole rings is 1. The van der Waals surface area contributed by atoms with Crippen molar-refractivity contribution in [2.75, 3.05) is 6.79 Å². The van der Waals surface area contributed by atoms with Crippen LogP contribution in [0.2, 0.25) is 5.02 Å². The van der Waals surface area contributed by atoms with Gasteiger partial charge in [0, 0.05) is 17.1 Å². The molecule has 1 aromatic heterocycles. The first-order chi connectivity index (χ1) is 11.8. The second kappa shape index (κ2) is 6.79. The van der Waals surface area contributed by atoms with Crippen molar-refractivity contribution in [1.29, 1.82) is 0 Å². The topological polar surface area (TPSA) is 44.5 Å². The Bertz CT molecular complexity index is 851. The van der Waals surface area contributed by atoms with E-state index >= 15 is 0 Å². The Morgan fingerprint density at radius 1 is 1.08 bits per heavy atom. The first kappa shape index (κ1) is 15.4. The number of fused-ring (bicyclic) bond motifs is 1. The average molecular weight is 360 g/mol. The van der Waals surface area contributed by atoms with Gasteiger partial charge < -0.3 is 13.9 Å². The molecule has 3 aromatic rings. The molecule has 0 unspecified atom stereocenters. The normalized spacial score (nSPS) is 12.5. The zero-order chi connectivity index (χ0) is 16.4. The summed E-state index contributed by atoms with van der Waals surface area (Å²) in [6.45, 7) is 0.229. The molecule has 0 N–H and O–H groups in total. The second-order valence-electron chi connectivity index (χ2n) is 5.31. The van der Waals surface area contributed by atoms with Crippen molar-refractivity contribution < 1.29 is 13.9 Å². The molecular weight excluding hydrogens is 346 g/mol. The van der Waals surface area contributed by atoms with Crippen molar-refractivity contribution in [2.24, 2.45) is 0 Å². The number of aromatic nitrogens is 1. The van der Waals surface area contributed by atoms with Crippen LogP contribution in [0.1, 0.15) is 11.3 Å². The highest BCUT2D eigenvalue weighted by molar-refractivity contribution is 7.97. The first-order valence-electron chi connectivity index (χ1n) is 7.45. The summed E-state index contributed by atoms with van der Waals surface area (Å²) in [5.41, 5.74) is 3.00. The van der Waals surface area contributed by atoms with Gasteiger partial charge in [0.1, 0.15) is 6.26 Å². The fraction of sp³-hybridized carbons (Fsp3) is 0.167. The quantitative estimate of drug-likeness (QED) is 0.629. The van der Waals surface area contributed by atoms with Gasteiger partial charge in [0.15, 0.2) is 11.5 Å². The van der Waals surface area contributed by atoms with Crippen molar-refractivity contribution in [3.8, 4) is 23.0 Å². The maximum Gasteiger partial charge on any atom is 0.231 e. The Morgan fingerprint density at radius 3 is 2.83 bits per heavy atom. The number of nitrogens with zero attached hydrogens (tertiary/aromatic N) is 1. The zero-order valence-corrected chi connectivity index (χ0v) is 14.3. The van der Waals surface area contributed by atoms with Gasteiger partial charge in [-0.05, 0) is 29.8 Å². The molecule has 1 aliphatic rings. The Hall–Kier alpha value is -2.11. The molecule has 0 amide bonds. The summed E-state index contributed by atoms with van der Waals surface area (Å²) in [5, 5.41) is 0.591. The van der Waals surface area contributed by atoms with Gasteiger partial charge in [-0.3, -0.25) is 0 Å². The summed E-state index contributed by atoms with van der Waals surface area (Å²) in [5.74, 6) is 3.57. The van der Waals surface area contributed by atoms with Crippen LogP contribution in [-0.4, -0.2) is 11.8 Å². The number of hydrogen-bond acceptors (Lipinski definition) is 5. The average Bonchev–Trinajstić information content (AvgIpc) is 3.25. The summed E-state index contributed by atoms with van der Waals surface area (Å²) in [6, 6.07) is 13.8. The summed E-state index contributed by atoms with van der Waals surface area (Å²) in [7, 11) is 0. The van der Waals surface area contributed by atoms with Crippen molar-refractivity contribution in [1.82, 2.24) is 4.98 Å². The van der Waals surface area contributed by atoms with Gasteiger partial charge in [-0.15, -0.1) is 0 Å². The highest BCUT2D eigenvalue weighted by Gasteiger charge is 2.18. The highest BCUT2D eigenvalue weighted by Crippen LogP contribution is 2.40. The molecule has 0 bridgehead atoms. The van der Waals surface area contributed by atoms with Crippen LogP contribution >= 0.6 is 23.4 Å². The molecule has 0 atom stereocenters.